The fourth-order valence-electron chi connectivity index (χ4n) is 3.46. The third kappa shape index (κ3) is 1.82. The molecular weight excluding hydrogens is 258 g/mol. The van der Waals surface area contributed by atoms with Gasteiger partial charge in [0.15, 0.2) is 11.6 Å². The first-order valence-electron chi connectivity index (χ1n) is 7.04. The van der Waals surface area contributed by atoms with Crippen molar-refractivity contribution in [3.63, 3.8) is 0 Å². The van der Waals surface area contributed by atoms with E-state index in [1.165, 1.54) is 0 Å². The summed E-state index contributed by atoms with van der Waals surface area (Å²) < 4.78 is 17.4. The molecule has 4 rings (SSSR count). The van der Waals surface area contributed by atoms with E-state index in [2.05, 4.69) is 5.32 Å². The van der Waals surface area contributed by atoms with Crippen molar-refractivity contribution >= 4 is 0 Å². The third-order valence-corrected chi connectivity index (χ3v) is 4.27. The van der Waals surface area contributed by atoms with E-state index in [1.807, 2.05) is 44.2 Å². The van der Waals surface area contributed by atoms with Gasteiger partial charge >= 0.3 is 0 Å². The molecular formula is C15H19NO4. The van der Waals surface area contributed by atoms with Gasteiger partial charge in [-0.2, -0.15) is 0 Å². The Labute approximate surface area is 117 Å². The fourth-order valence-corrected chi connectivity index (χ4v) is 3.46. The smallest absolute Gasteiger partial charge is 0.198 e. The Kier molecular flexibility index (Phi) is 2.56. The maximum atomic E-state index is 10.8. The molecule has 0 amide bonds. The quantitative estimate of drug-likeness (QED) is 0.810. The van der Waals surface area contributed by atoms with Gasteiger partial charge in [0.05, 0.1) is 0 Å². The van der Waals surface area contributed by atoms with Gasteiger partial charge in [-0.25, -0.2) is 0 Å². The molecule has 5 atom stereocenters. The highest BCUT2D eigenvalue weighted by Gasteiger charge is 2.65. The highest BCUT2D eigenvalue weighted by atomic mass is 16.8. The molecule has 3 fully saturated rings. The van der Waals surface area contributed by atoms with Crippen LogP contribution in [0.25, 0.3) is 0 Å². The normalized spacial score (nSPS) is 45.4. The number of ether oxygens (including phenoxy) is 3. The molecule has 20 heavy (non-hydrogen) atoms. The van der Waals surface area contributed by atoms with E-state index in [4.69, 9.17) is 14.2 Å². The molecule has 5 nitrogen and oxygen atoms in total. The summed E-state index contributed by atoms with van der Waals surface area (Å²) in [6, 6.07) is 10.1. The molecule has 0 radical (unpaired) electrons. The second-order valence-electron chi connectivity index (χ2n) is 6.24. The van der Waals surface area contributed by atoms with E-state index < -0.39 is 17.7 Å². The molecule has 3 aliphatic rings. The monoisotopic (exact) mass is 277 g/mol. The number of aliphatic hydroxyl groups is 1. The number of benzene rings is 1. The van der Waals surface area contributed by atoms with Gasteiger partial charge in [0.25, 0.3) is 0 Å². The second kappa shape index (κ2) is 4.02. The molecule has 3 saturated heterocycles. The zero-order valence-electron chi connectivity index (χ0n) is 11.6. The first-order valence-corrected chi connectivity index (χ1v) is 7.04. The fraction of sp³-hybridized carbons (Fsp3) is 0.600. The average Bonchev–Trinajstić information content (AvgIpc) is 2.83. The van der Waals surface area contributed by atoms with Crippen LogP contribution in [0.4, 0.5) is 0 Å². The van der Waals surface area contributed by atoms with Gasteiger partial charge in [0.2, 0.25) is 0 Å². The minimum absolute atomic E-state index is 0.0425. The highest BCUT2D eigenvalue weighted by Crippen LogP contribution is 2.48. The summed E-state index contributed by atoms with van der Waals surface area (Å²) in [7, 11) is 0. The van der Waals surface area contributed by atoms with Crippen LogP contribution in [-0.4, -0.2) is 35.1 Å². The lowest BCUT2D eigenvalue weighted by molar-refractivity contribution is -0.296. The maximum Gasteiger partial charge on any atom is 0.198 e. The van der Waals surface area contributed by atoms with Crippen LogP contribution in [0, 0.1) is 0 Å². The molecule has 0 spiro atoms. The third-order valence-electron chi connectivity index (χ3n) is 4.27. The number of rotatable bonds is 1. The van der Waals surface area contributed by atoms with Crippen molar-refractivity contribution in [2.24, 2.45) is 0 Å². The van der Waals surface area contributed by atoms with Crippen molar-refractivity contribution in [3.8, 4) is 0 Å². The summed E-state index contributed by atoms with van der Waals surface area (Å²) in [6.45, 7) is 3.72. The average molecular weight is 277 g/mol. The molecule has 0 saturated carbocycles. The second-order valence-corrected chi connectivity index (χ2v) is 6.24. The van der Waals surface area contributed by atoms with Crippen molar-refractivity contribution in [2.45, 2.75) is 56.3 Å². The largest absolute Gasteiger partial charge is 0.363 e. The van der Waals surface area contributed by atoms with E-state index in [0.29, 0.717) is 6.42 Å². The van der Waals surface area contributed by atoms with Gasteiger partial charge in [-0.05, 0) is 19.4 Å². The summed E-state index contributed by atoms with van der Waals surface area (Å²) in [5.74, 6) is -1.96. The Morgan fingerprint density at radius 2 is 1.90 bits per heavy atom. The molecule has 5 heteroatoms. The number of nitrogens with one attached hydrogen (secondary N) is 1. The first kappa shape index (κ1) is 12.7. The van der Waals surface area contributed by atoms with Crippen molar-refractivity contribution in [3.05, 3.63) is 35.9 Å². The van der Waals surface area contributed by atoms with Crippen LogP contribution in [-0.2, 0) is 14.2 Å². The van der Waals surface area contributed by atoms with E-state index >= 15 is 0 Å². The molecule has 1 unspecified atom stereocenters. The molecule has 0 aliphatic carbocycles. The minimum atomic E-state index is -1.28. The SMILES string of the molecule is CC1(C)O[C@H]2[C@@H]3NC(c4ccccc4)C[C@@](O)(O3)[C@H]2O1. The number of hydrogen-bond donors (Lipinski definition) is 2. The van der Waals surface area contributed by atoms with Crippen molar-refractivity contribution in [1.29, 1.82) is 0 Å². The molecule has 2 bridgehead atoms. The molecule has 0 aromatic heterocycles. The topological polar surface area (TPSA) is 60.0 Å². The lowest BCUT2D eigenvalue weighted by atomic mass is 9.96. The molecule has 3 aliphatic heterocycles. The van der Waals surface area contributed by atoms with Crippen LogP contribution in [0.15, 0.2) is 30.3 Å². The van der Waals surface area contributed by atoms with Gasteiger partial charge in [0.1, 0.15) is 18.4 Å². The molecule has 2 N–H and O–H groups in total. The Morgan fingerprint density at radius 3 is 2.65 bits per heavy atom. The number of hydrogen-bond acceptors (Lipinski definition) is 5. The lowest BCUT2D eigenvalue weighted by Gasteiger charge is -2.38. The molecule has 1 aromatic rings. The Balaban J connectivity index is 1.63. The predicted octanol–water partition coefficient (Wildman–Crippen LogP) is 1.29. The van der Waals surface area contributed by atoms with Crippen LogP contribution in [0.1, 0.15) is 31.9 Å². The zero-order chi connectivity index (χ0) is 14.0. The van der Waals surface area contributed by atoms with Crippen LogP contribution >= 0.6 is 0 Å². The summed E-state index contributed by atoms with van der Waals surface area (Å²) >= 11 is 0. The van der Waals surface area contributed by atoms with Crippen LogP contribution in [0.3, 0.4) is 0 Å². The Morgan fingerprint density at radius 1 is 1.15 bits per heavy atom. The van der Waals surface area contributed by atoms with E-state index in [1.54, 1.807) is 0 Å². The summed E-state index contributed by atoms with van der Waals surface area (Å²) in [5, 5.41) is 14.2. The summed E-state index contributed by atoms with van der Waals surface area (Å²) in [4.78, 5) is 0. The molecule has 108 valence electrons. The Hall–Kier alpha value is -0.980. The van der Waals surface area contributed by atoms with Crippen LogP contribution < -0.4 is 5.32 Å². The first-order chi connectivity index (χ1) is 9.47. The zero-order valence-corrected chi connectivity index (χ0v) is 11.6. The molecule has 3 heterocycles. The van der Waals surface area contributed by atoms with Gasteiger partial charge < -0.3 is 19.3 Å². The highest BCUT2D eigenvalue weighted by molar-refractivity contribution is 5.22. The lowest BCUT2D eigenvalue weighted by Crippen LogP contribution is -2.50. The van der Waals surface area contributed by atoms with Crippen molar-refractivity contribution in [2.75, 3.05) is 0 Å². The van der Waals surface area contributed by atoms with E-state index in [9.17, 15) is 5.11 Å². The van der Waals surface area contributed by atoms with Gasteiger partial charge in [0, 0.05) is 12.5 Å². The minimum Gasteiger partial charge on any atom is -0.363 e. The van der Waals surface area contributed by atoms with E-state index in [0.717, 1.165) is 5.56 Å². The van der Waals surface area contributed by atoms with Gasteiger partial charge in [-0.15, -0.1) is 0 Å². The Bertz CT molecular complexity index is 520. The number of fused-ring (bicyclic) bond motifs is 5. The van der Waals surface area contributed by atoms with Gasteiger partial charge in [-0.3, -0.25) is 5.32 Å². The van der Waals surface area contributed by atoms with Crippen LogP contribution in [0.5, 0.6) is 0 Å². The standard InChI is InChI=1S/C15H19NO4/c1-14(2)18-11-12(19-14)15(17)8-10(16-13(11)20-15)9-6-4-3-5-7-9/h3-7,10-13,16-17H,8H2,1-2H3/t10?,11-,12+,13-,15-/m1/s1. The molecule has 1 aromatic carbocycles. The maximum absolute atomic E-state index is 10.8. The van der Waals surface area contributed by atoms with Gasteiger partial charge in [-0.1, -0.05) is 30.3 Å². The summed E-state index contributed by atoms with van der Waals surface area (Å²) in [5.41, 5.74) is 1.14. The predicted molar refractivity (Wildman–Crippen MR) is 70.6 cm³/mol. The van der Waals surface area contributed by atoms with E-state index in [-0.39, 0.29) is 18.4 Å². The van der Waals surface area contributed by atoms with Crippen molar-refractivity contribution in [1.82, 2.24) is 5.32 Å². The van der Waals surface area contributed by atoms with Crippen LogP contribution in [0.2, 0.25) is 0 Å². The van der Waals surface area contributed by atoms with Crippen molar-refractivity contribution < 1.29 is 19.3 Å². The summed E-state index contributed by atoms with van der Waals surface area (Å²) in [6.07, 6.45) is -0.605.